The second kappa shape index (κ2) is 8.97. The van der Waals surface area contributed by atoms with Crippen LogP contribution in [0.15, 0.2) is 24.3 Å². The fourth-order valence-corrected chi connectivity index (χ4v) is 4.97. The number of aromatic nitrogens is 1. The number of likely N-dealkylation sites (tertiary alicyclic amines) is 1. The molecule has 2 aliphatic rings. The Balaban J connectivity index is 1.61. The highest BCUT2D eigenvalue weighted by Gasteiger charge is 2.33. The minimum absolute atomic E-state index is 0.0879. The minimum atomic E-state index is -0.396. The zero-order valence-electron chi connectivity index (χ0n) is 19.1. The Bertz CT molecular complexity index is 969. The van der Waals surface area contributed by atoms with E-state index in [2.05, 4.69) is 20.8 Å². The molecule has 4 rings (SSSR count). The SMILES string of the molecule is CC(C)(C)[C@@H]1CCc2nc3ccccc3c(C(=O)OCC(=O)N3CCCCCC3)c2C1. The van der Waals surface area contributed by atoms with Crippen molar-refractivity contribution in [1.82, 2.24) is 9.88 Å². The number of benzene rings is 1. The predicted molar refractivity (Wildman–Crippen MR) is 122 cm³/mol. The molecule has 2 aromatic rings. The van der Waals surface area contributed by atoms with E-state index in [0.717, 1.165) is 80.2 Å². The van der Waals surface area contributed by atoms with E-state index in [1.807, 2.05) is 29.2 Å². The topological polar surface area (TPSA) is 59.5 Å². The molecule has 1 atom stereocenters. The number of amides is 1. The Labute approximate surface area is 185 Å². The van der Waals surface area contributed by atoms with Gasteiger partial charge in [-0.05, 0) is 55.1 Å². The van der Waals surface area contributed by atoms with Crippen molar-refractivity contribution in [3.05, 3.63) is 41.1 Å². The molecular weight excluding hydrogens is 388 g/mol. The zero-order valence-corrected chi connectivity index (χ0v) is 19.1. The number of nitrogens with zero attached hydrogens (tertiary/aromatic N) is 2. The monoisotopic (exact) mass is 422 g/mol. The van der Waals surface area contributed by atoms with Gasteiger partial charge in [0.2, 0.25) is 0 Å². The number of aryl methyl sites for hydroxylation is 1. The molecule has 1 amide bonds. The fourth-order valence-electron chi connectivity index (χ4n) is 4.97. The summed E-state index contributed by atoms with van der Waals surface area (Å²) < 4.78 is 5.62. The first-order chi connectivity index (χ1) is 14.8. The number of carbonyl (C=O) groups excluding carboxylic acids is 2. The average Bonchev–Trinajstić information content (AvgIpc) is 3.04. The van der Waals surface area contributed by atoms with Gasteiger partial charge in [-0.1, -0.05) is 51.8 Å². The van der Waals surface area contributed by atoms with Crippen molar-refractivity contribution in [2.75, 3.05) is 19.7 Å². The Morgan fingerprint density at radius 2 is 1.81 bits per heavy atom. The van der Waals surface area contributed by atoms with Crippen LogP contribution in [0.1, 0.15) is 74.5 Å². The highest BCUT2D eigenvalue weighted by Crippen LogP contribution is 2.39. The van der Waals surface area contributed by atoms with Crippen molar-refractivity contribution < 1.29 is 14.3 Å². The number of hydrogen-bond donors (Lipinski definition) is 0. The summed E-state index contributed by atoms with van der Waals surface area (Å²) in [5.74, 6) is -0.00382. The molecule has 0 spiro atoms. The van der Waals surface area contributed by atoms with Crippen molar-refractivity contribution in [2.45, 2.75) is 65.7 Å². The first-order valence-corrected chi connectivity index (χ1v) is 11.7. The number of fused-ring (bicyclic) bond motifs is 2. The molecule has 0 N–H and O–H groups in total. The van der Waals surface area contributed by atoms with E-state index in [-0.39, 0.29) is 17.9 Å². The third kappa shape index (κ3) is 4.76. The van der Waals surface area contributed by atoms with E-state index >= 15 is 0 Å². The third-order valence-electron chi connectivity index (χ3n) is 6.97. The van der Waals surface area contributed by atoms with Gasteiger partial charge in [0, 0.05) is 24.2 Å². The van der Waals surface area contributed by atoms with Crippen LogP contribution < -0.4 is 0 Å². The van der Waals surface area contributed by atoms with Gasteiger partial charge in [-0.25, -0.2) is 4.79 Å². The summed E-state index contributed by atoms with van der Waals surface area (Å²) >= 11 is 0. The molecule has 2 heterocycles. The standard InChI is InChI=1S/C26H34N2O3/c1-26(2,3)18-12-13-22-20(16-18)24(19-10-6-7-11-21(19)27-22)25(30)31-17-23(29)28-14-8-4-5-9-15-28/h6-7,10-11,18H,4-5,8-9,12-17H2,1-3H3/t18-/m1/s1. The number of carbonyl (C=O) groups is 2. The number of esters is 1. The van der Waals surface area contributed by atoms with Gasteiger partial charge in [-0.2, -0.15) is 0 Å². The lowest BCUT2D eigenvalue weighted by atomic mass is 9.70. The van der Waals surface area contributed by atoms with E-state index in [4.69, 9.17) is 9.72 Å². The molecule has 5 heteroatoms. The summed E-state index contributed by atoms with van der Waals surface area (Å²) in [5, 5.41) is 0.822. The molecule has 0 radical (unpaired) electrons. The van der Waals surface area contributed by atoms with Crippen molar-refractivity contribution in [2.24, 2.45) is 11.3 Å². The highest BCUT2D eigenvalue weighted by molar-refractivity contribution is 6.05. The summed E-state index contributed by atoms with van der Waals surface area (Å²) in [6.45, 7) is 8.11. The fraction of sp³-hybridized carbons (Fsp3) is 0.577. The molecule has 166 valence electrons. The first-order valence-electron chi connectivity index (χ1n) is 11.7. The molecule has 1 aliphatic carbocycles. The van der Waals surface area contributed by atoms with Crippen LogP contribution in [0, 0.1) is 11.3 Å². The second-order valence-corrected chi connectivity index (χ2v) is 10.1. The van der Waals surface area contributed by atoms with Gasteiger partial charge in [-0.3, -0.25) is 9.78 Å². The van der Waals surface area contributed by atoms with Crippen LogP contribution in [0.3, 0.4) is 0 Å². The lowest BCUT2D eigenvalue weighted by molar-refractivity contribution is -0.134. The molecule has 0 unspecified atom stereocenters. The molecule has 1 saturated heterocycles. The number of hydrogen-bond acceptors (Lipinski definition) is 4. The van der Waals surface area contributed by atoms with Gasteiger partial charge >= 0.3 is 5.97 Å². The average molecular weight is 423 g/mol. The van der Waals surface area contributed by atoms with E-state index in [1.54, 1.807) is 0 Å². The maximum absolute atomic E-state index is 13.3. The molecule has 31 heavy (non-hydrogen) atoms. The summed E-state index contributed by atoms with van der Waals surface area (Å²) in [4.78, 5) is 32.7. The smallest absolute Gasteiger partial charge is 0.339 e. The molecule has 5 nitrogen and oxygen atoms in total. The van der Waals surface area contributed by atoms with Crippen molar-refractivity contribution in [3.63, 3.8) is 0 Å². The highest BCUT2D eigenvalue weighted by atomic mass is 16.5. The summed E-state index contributed by atoms with van der Waals surface area (Å²) in [5.41, 5.74) is 3.61. The molecule has 1 aromatic carbocycles. The van der Waals surface area contributed by atoms with Crippen LogP contribution in [0.2, 0.25) is 0 Å². The second-order valence-electron chi connectivity index (χ2n) is 10.1. The molecule has 1 fully saturated rings. The maximum Gasteiger partial charge on any atom is 0.339 e. The maximum atomic E-state index is 13.3. The third-order valence-corrected chi connectivity index (χ3v) is 6.97. The normalized spacial score (nSPS) is 19.6. The molecular formula is C26H34N2O3. The Kier molecular flexibility index (Phi) is 6.31. The summed E-state index contributed by atoms with van der Waals surface area (Å²) in [6.07, 6.45) is 7.13. The lowest BCUT2D eigenvalue weighted by Crippen LogP contribution is -2.35. The Hall–Kier alpha value is -2.43. The van der Waals surface area contributed by atoms with Gasteiger partial charge in [-0.15, -0.1) is 0 Å². The zero-order chi connectivity index (χ0) is 22.0. The van der Waals surface area contributed by atoms with Gasteiger partial charge in [0.15, 0.2) is 6.61 Å². The number of para-hydroxylation sites is 1. The van der Waals surface area contributed by atoms with Gasteiger partial charge in [0.25, 0.3) is 5.91 Å². The van der Waals surface area contributed by atoms with Crippen LogP contribution in [0.5, 0.6) is 0 Å². The van der Waals surface area contributed by atoms with Crippen LogP contribution >= 0.6 is 0 Å². The van der Waals surface area contributed by atoms with Gasteiger partial charge < -0.3 is 9.64 Å². The molecule has 0 bridgehead atoms. The van der Waals surface area contributed by atoms with Crippen LogP contribution in [0.4, 0.5) is 0 Å². The number of ether oxygens (including phenoxy) is 1. The van der Waals surface area contributed by atoms with E-state index in [0.29, 0.717) is 11.5 Å². The van der Waals surface area contributed by atoms with E-state index in [9.17, 15) is 9.59 Å². The van der Waals surface area contributed by atoms with Crippen molar-refractivity contribution in [3.8, 4) is 0 Å². The van der Waals surface area contributed by atoms with Crippen LogP contribution in [-0.4, -0.2) is 41.5 Å². The van der Waals surface area contributed by atoms with Crippen LogP contribution in [0.25, 0.3) is 10.9 Å². The predicted octanol–water partition coefficient (Wildman–Crippen LogP) is 4.95. The Morgan fingerprint density at radius 3 is 2.52 bits per heavy atom. The number of rotatable bonds is 3. The lowest BCUT2D eigenvalue weighted by Gasteiger charge is -2.35. The Morgan fingerprint density at radius 1 is 1.10 bits per heavy atom. The molecule has 1 aromatic heterocycles. The summed E-state index contributed by atoms with van der Waals surface area (Å²) in [6, 6.07) is 7.77. The largest absolute Gasteiger partial charge is 0.452 e. The van der Waals surface area contributed by atoms with Gasteiger partial charge in [0.05, 0.1) is 11.1 Å². The number of pyridine rings is 1. The van der Waals surface area contributed by atoms with E-state index < -0.39 is 5.97 Å². The quantitative estimate of drug-likeness (QED) is 0.657. The first kappa shape index (κ1) is 21.8. The van der Waals surface area contributed by atoms with Crippen molar-refractivity contribution >= 4 is 22.8 Å². The van der Waals surface area contributed by atoms with E-state index in [1.165, 1.54) is 0 Å². The van der Waals surface area contributed by atoms with Crippen LogP contribution in [-0.2, 0) is 22.4 Å². The summed E-state index contributed by atoms with van der Waals surface area (Å²) in [7, 11) is 0. The molecule has 0 saturated carbocycles. The van der Waals surface area contributed by atoms with Gasteiger partial charge in [0.1, 0.15) is 0 Å². The van der Waals surface area contributed by atoms with Crippen molar-refractivity contribution in [1.29, 1.82) is 0 Å². The minimum Gasteiger partial charge on any atom is -0.452 e. The molecule has 1 aliphatic heterocycles.